The molecule has 0 saturated heterocycles. The topological polar surface area (TPSA) is 142 Å². The van der Waals surface area contributed by atoms with Crippen molar-refractivity contribution < 1.29 is 31.9 Å². The molecule has 11 nitrogen and oxygen atoms in total. The first-order chi connectivity index (χ1) is 17.6. The molecule has 0 atom stereocenters. The molecule has 0 unspecified atom stereocenters. The molecule has 3 rings (SSSR count). The van der Waals surface area contributed by atoms with Crippen LogP contribution in [0.1, 0.15) is 59.7 Å². The molecule has 0 bridgehead atoms. The molecule has 13 heteroatoms. The van der Waals surface area contributed by atoms with Gasteiger partial charge in [0.1, 0.15) is 5.82 Å². The largest absolute Gasteiger partial charge is 0.492 e. The van der Waals surface area contributed by atoms with Crippen LogP contribution in [0, 0.1) is 12.7 Å². The molecule has 0 radical (unpaired) electrons. The number of ether oxygens (including phenoxy) is 2. The number of nitrogens with one attached hydrogen (secondary N) is 2. The Balaban J connectivity index is 2.06. The van der Waals surface area contributed by atoms with Crippen molar-refractivity contribution in [1.29, 1.82) is 0 Å². The van der Waals surface area contributed by atoms with Crippen molar-refractivity contribution in [1.82, 2.24) is 15.0 Å². The first kappa shape index (κ1) is 28.6. The molecule has 0 aliphatic heterocycles. The average molecular weight is 548 g/mol. The summed E-state index contributed by atoms with van der Waals surface area (Å²) in [6, 6.07) is 5.75. The summed E-state index contributed by atoms with van der Waals surface area (Å²) in [6.07, 6.45) is 2.28. The summed E-state index contributed by atoms with van der Waals surface area (Å²) in [6.45, 7) is 9.07. The lowest BCUT2D eigenvalue weighted by Crippen LogP contribution is -2.18. The molecule has 0 fully saturated rings. The number of halogens is 1. The van der Waals surface area contributed by atoms with Crippen LogP contribution in [-0.4, -0.2) is 55.3 Å². The van der Waals surface area contributed by atoms with E-state index in [1.165, 1.54) is 31.0 Å². The van der Waals surface area contributed by atoms with Gasteiger partial charge in [-0.05, 0) is 49.1 Å². The van der Waals surface area contributed by atoms with Crippen LogP contribution in [0.5, 0.6) is 5.75 Å². The van der Waals surface area contributed by atoms with E-state index in [0.29, 0.717) is 5.56 Å². The Kier molecular flexibility index (Phi) is 8.10. The monoisotopic (exact) mass is 547 g/mol. The minimum atomic E-state index is -3.66. The lowest BCUT2D eigenvalue weighted by molar-refractivity contribution is 0.0519. The van der Waals surface area contributed by atoms with Crippen LogP contribution in [-0.2, 0) is 20.2 Å². The number of rotatable bonds is 8. The number of carbonyl (C=O) groups excluding carboxylic acids is 2. The van der Waals surface area contributed by atoms with Gasteiger partial charge in [-0.2, -0.15) is 0 Å². The van der Waals surface area contributed by atoms with Crippen molar-refractivity contribution in [3.8, 4) is 11.4 Å². The number of hydrogen-bond donors (Lipinski definition) is 2. The molecule has 0 aliphatic rings. The number of amides is 1. The number of carbonyl (C=O) groups is 2. The van der Waals surface area contributed by atoms with Gasteiger partial charge in [-0.25, -0.2) is 22.3 Å². The molecule has 0 spiro atoms. The van der Waals surface area contributed by atoms with Gasteiger partial charge in [-0.15, -0.1) is 5.10 Å². The van der Waals surface area contributed by atoms with E-state index in [2.05, 4.69) is 20.4 Å². The molecule has 2 aromatic carbocycles. The maximum Gasteiger partial charge on any atom is 0.360 e. The standard InChI is InChI=1S/C25H30FN5O6S/c1-8-37-24(33)20-13-31(30-28-20)21-10-15(9-17(26)14(21)2)23(32)27-18-11-16(25(3,4)5)12-19(22(18)36-6)29-38(7,34)35/h9-13,29H,8H2,1-7H3,(H,27,32). The number of anilines is 2. The Morgan fingerprint density at radius 1 is 1.13 bits per heavy atom. The number of benzene rings is 2. The van der Waals surface area contributed by atoms with Crippen molar-refractivity contribution in [2.45, 2.75) is 40.0 Å². The molecule has 3 aromatic rings. The zero-order valence-corrected chi connectivity index (χ0v) is 23.0. The lowest BCUT2D eigenvalue weighted by atomic mass is 9.86. The van der Waals surface area contributed by atoms with Gasteiger partial charge in [0, 0.05) is 11.1 Å². The highest BCUT2D eigenvalue weighted by molar-refractivity contribution is 7.92. The zero-order valence-electron chi connectivity index (χ0n) is 22.2. The van der Waals surface area contributed by atoms with E-state index >= 15 is 0 Å². The molecule has 2 N–H and O–H groups in total. The van der Waals surface area contributed by atoms with Crippen molar-refractivity contribution >= 4 is 33.3 Å². The van der Waals surface area contributed by atoms with Gasteiger partial charge in [0.15, 0.2) is 11.4 Å². The second-order valence-electron chi connectivity index (χ2n) is 9.55. The summed E-state index contributed by atoms with van der Waals surface area (Å²) < 4.78 is 52.8. The van der Waals surface area contributed by atoms with Gasteiger partial charge in [0.25, 0.3) is 5.91 Å². The van der Waals surface area contributed by atoms with E-state index in [1.54, 1.807) is 19.1 Å². The predicted octanol–water partition coefficient (Wildman–Crippen LogP) is 3.82. The summed E-state index contributed by atoms with van der Waals surface area (Å²) in [7, 11) is -2.33. The van der Waals surface area contributed by atoms with E-state index in [0.717, 1.165) is 12.3 Å². The van der Waals surface area contributed by atoms with Gasteiger partial charge in [-0.3, -0.25) is 9.52 Å². The summed E-state index contributed by atoms with van der Waals surface area (Å²) in [5, 5.41) is 10.3. The normalized spacial score (nSPS) is 11.7. The molecule has 204 valence electrons. The van der Waals surface area contributed by atoms with Gasteiger partial charge < -0.3 is 14.8 Å². The number of esters is 1. The minimum Gasteiger partial charge on any atom is -0.492 e. The molecule has 1 amide bonds. The van der Waals surface area contributed by atoms with E-state index in [1.807, 2.05) is 20.8 Å². The van der Waals surface area contributed by atoms with Crippen LogP contribution in [0.25, 0.3) is 5.69 Å². The number of sulfonamides is 1. The fraction of sp³-hybridized carbons (Fsp3) is 0.360. The Morgan fingerprint density at radius 2 is 1.79 bits per heavy atom. The Morgan fingerprint density at radius 3 is 2.37 bits per heavy atom. The van der Waals surface area contributed by atoms with Crippen LogP contribution in [0.3, 0.4) is 0 Å². The van der Waals surface area contributed by atoms with E-state index in [9.17, 15) is 22.4 Å². The molecule has 1 aromatic heterocycles. The lowest BCUT2D eigenvalue weighted by Gasteiger charge is -2.24. The summed E-state index contributed by atoms with van der Waals surface area (Å²) in [5.41, 5.74) is 0.860. The molecular weight excluding hydrogens is 517 g/mol. The smallest absolute Gasteiger partial charge is 0.360 e. The second-order valence-corrected chi connectivity index (χ2v) is 11.3. The van der Waals surface area contributed by atoms with Crippen molar-refractivity contribution in [3.63, 3.8) is 0 Å². The molecule has 38 heavy (non-hydrogen) atoms. The molecule has 1 heterocycles. The number of nitrogens with zero attached hydrogens (tertiary/aromatic N) is 3. The van der Waals surface area contributed by atoms with Crippen LogP contribution in [0.4, 0.5) is 15.8 Å². The van der Waals surface area contributed by atoms with Crippen molar-refractivity contribution in [2.75, 3.05) is 30.0 Å². The fourth-order valence-electron chi connectivity index (χ4n) is 3.56. The SMILES string of the molecule is CCOC(=O)c1cn(-c2cc(C(=O)Nc3cc(C(C)(C)C)cc(NS(C)(=O)=O)c3OC)cc(F)c2C)nn1. The summed E-state index contributed by atoms with van der Waals surface area (Å²) in [4.78, 5) is 25.3. The minimum absolute atomic E-state index is 0.0582. The van der Waals surface area contributed by atoms with Gasteiger partial charge >= 0.3 is 5.97 Å². The van der Waals surface area contributed by atoms with Crippen LogP contribution < -0.4 is 14.8 Å². The fourth-order valence-corrected chi connectivity index (χ4v) is 4.11. The highest BCUT2D eigenvalue weighted by Gasteiger charge is 2.23. The third-order valence-electron chi connectivity index (χ3n) is 5.51. The van der Waals surface area contributed by atoms with E-state index in [-0.39, 0.29) is 46.2 Å². The third-order valence-corrected chi connectivity index (χ3v) is 6.10. The highest BCUT2D eigenvalue weighted by Crippen LogP contribution is 2.39. The Labute approximate surface area is 220 Å². The number of hydrogen-bond acceptors (Lipinski definition) is 8. The maximum atomic E-state index is 14.9. The van der Waals surface area contributed by atoms with Gasteiger partial charge in [0.2, 0.25) is 10.0 Å². The third kappa shape index (κ3) is 6.46. The first-order valence-corrected chi connectivity index (χ1v) is 13.5. The van der Waals surface area contributed by atoms with Gasteiger partial charge in [-0.1, -0.05) is 26.0 Å². The van der Waals surface area contributed by atoms with E-state index in [4.69, 9.17) is 9.47 Å². The van der Waals surface area contributed by atoms with Crippen molar-refractivity contribution in [3.05, 3.63) is 58.7 Å². The summed E-state index contributed by atoms with van der Waals surface area (Å²) in [5.74, 6) is -1.98. The first-order valence-electron chi connectivity index (χ1n) is 11.6. The second kappa shape index (κ2) is 10.8. The summed E-state index contributed by atoms with van der Waals surface area (Å²) >= 11 is 0. The molecule has 0 saturated carbocycles. The van der Waals surface area contributed by atoms with E-state index < -0.39 is 33.1 Å². The Bertz CT molecular complexity index is 1490. The van der Waals surface area contributed by atoms with Crippen molar-refractivity contribution in [2.24, 2.45) is 0 Å². The zero-order chi connectivity index (χ0) is 28.4. The quantitative estimate of drug-likeness (QED) is 0.406. The Hall–Kier alpha value is -4.00. The van der Waals surface area contributed by atoms with Crippen LogP contribution in [0.15, 0.2) is 30.5 Å². The maximum absolute atomic E-state index is 14.9. The average Bonchev–Trinajstić information content (AvgIpc) is 3.29. The highest BCUT2D eigenvalue weighted by atomic mass is 32.2. The molecular formula is C25H30FN5O6S. The molecule has 0 aliphatic carbocycles. The number of methoxy groups -OCH3 is 1. The predicted molar refractivity (Wildman–Crippen MR) is 140 cm³/mol. The van der Waals surface area contributed by atoms with Crippen LogP contribution in [0.2, 0.25) is 0 Å². The van der Waals surface area contributed by atoms with Gasteiger partial charge in [0.05, 0.1) is 43.2 Å². The van der Waals surface area contributed by atoms with Crippen LogP contribution >= 0.6 is 0 Å². The number of aromatic nitrogens is 3.